The summed E-state index contributed by atoms with van der Waals surface area (Å²) in [6.07, 6.45) is 0. The molecular formula is C15H14ClN3O4. The highest BCUT2D eigenvalue weighted by molar-refractivity contribution is 6.29. The number of nitrogens with zero attached hydrogens (tertiary/aromatic N) is 2. The number of hydrogen-bond acceptors (Lipinski definition) is 6. The average molecular weight is 336 g/mol. The first kappa shape index (κ1) is 16.7. The molecule has 23 heavy (non-hydrogen) atoms. The Morgan fingerprint density at radius 3 is 2.43 bits per heavy atom. The summed E-state index contributed by atoms with van der Waals surface area (Å²) >= 11 is 5.71. The van der Waals surface area contributed by atoms with Gasteiger partial charge in [-0.1, -0.05) is 11.6 Å². The van der Waals surface area contributed by atoms with Gasteiger partial charge in [0.05, 0.1) is 25.5 Å². The maximum absolute atomic E-state index is 12.0. The van der Waals surface area contributed by atoms with E-state index in [-0.39, 0.29) is 10.7 Å². The molecule has 1 unspecified atom stereocenters. The van der Waals surface area contributed by atoms with Crippen molar-refractivity contribution in [2.45, 2.75) is 5.92 Å². The van der Waals surface area contributed by atoms with Gasteiger partial charge in [0.25, 0.3) is 0 Å². The topological polar surface area (TPSA) is 104 Å². The third kappa shape index (κ3) is 3.57. The first-order valence-electron chi connectivity index (χ1n) is 6.52. The minimum atomic E-state index is -0.945. The van der Waals surface area contributed by atoms with Crippen molar-refractivity contribution in [1.82, 2.24) is 10.2 Å². The van der Waals surface area contributed by atoms with Crippen LogP contribution in [-0.4, -0.2) is 36.3 Å². The molecular weight excluding hydrogens is 322 g/mol. The molecule has 0 aliphatic carbocycles. The molecule has 1 amide bonds. The van der Waals surface area contributed by atoms with E-state index in [1.165, 1.54) is 38.5 Å². The summed E-state index contributed by atoms with van der Waals surface area (Å²) in [5.41, 5.74) is 6.45. The van der Waals surface area contributed by atoms with Crippen molar-refractivity contribution >= 4 is 23.5 Å². The summed E-state index contributed by atoms with van der Waals surface area (Å²) in [6.45, 7) is 0. The van der Waals surface area contributed by atoms with Gasteiger partial charge in [0.2, 0.25) is 5.91 Å². The molecule has 120 valence electrons. The Morgan fingerprint density at radius 2 is 1.91 bits per heavy atom. The quantitative estimate of drug-likeness (QED) is 0.831. The van der Waals surface area contributed by atoms with Crippen LogP contribution in [0.2, 0.25) is 5.15 Å². The summed E-state index contributed by atoms with van der Waals surface area (Å²) in [5.74, 6) is -1.77. The Balaban J connectivity index is 2.59. The zero-order valence-corrected chi connectivity index (χ0v) is 13.2. The standard InChI is InChI=1S/C15H14ClN3O4/c1-22-11-5-3-8(15(21)23-2)7-9(11)13(14(17)20)10-4-6-12(16)19-18-10/h3-7,13H,1-2H3,(H2,17,20). The van der Waals surface area contributed by atoms with Gasteiger partial charge in [-0.2, -0.15) is 5.10 Å². The van der Waals surface area contributed by atoms with Gasteiger partial charge in [-0.25, -0.2) is 4.79 Å². The van der Waals surface area contributed by atoms with Crippen LogP contribution in [0.1, 0.15) is 27.5 Å². The summed E-state index contributed by atoms with van der Waals surface area (Å²) in [6, 6.07) is 7.60. The van der Waals surface area contributed by atoms with Crippen LogP contribution in [0.15, 0.2) is 30.3 Å². The molecule has 0 spiro atoms. The van der Waals surface area contributed by atoms with Gasteiger partial charge in [0.1, 0.15) is 11.7 Å². The molecule has 0 aliphatic rings. The number of esters is 1. The smallest absolute Gasteiger partial charge is 0.337 e. The number of benzene rings is 1. The number of methoxy groups -OCH3 is 2. The van der Waals surface area contributed by atoms with Crippen molar-refractivity contribution in [2.24, 2.45) is 5.73 Å². The first-order valence-corrected chi connectivity index (χ1v) is 6.90. The molecule has 0 aliphatic heterocycles. The number of nitrogens with two attached hydrogens (primary N) is 1. The molecule has 0 saturated heterocycles. The summed E-state index contributed by atoms with van der Waals surface area (Å²) < 4.78 is 9.94. The van der Waals surface area contributed by atoms with E-state index in [4.69, 9.17) is 22.1 Å². The molecule has 1 heterocycles. The summed E-state index contributed by atoms with van der Waals surface area (Å²) in [4.78, 5) is 23.7. The third-order valence-electron chi connectivity index (χ3n) is 3.19. The largest absolute Gasteiger partial charge is 0.496 e. The van der Waals surface area contributed by atoms with E-state index in [0.29, 0.717) is 17.0 Å². The number of carbonyl (C=O) groups is 2. The van der Waals surface area contributed by atoms with Crippen molar-refractivity contribution in [2.75, 3.05) is 14.2 Å². The molecule has 0 fully saturated rings. The molecule has 2 rings (SSSR count). The van der Waals surface area contributed by atoms with Crippen molar-refractivity contribution in [3.63, 3.8) is 0 Å². The van der Waals surface area contributed by atoms with E-state index >= 15 is 0 Å². The molecule has 1 aromatic carbocycles. The Kier molecular flexibility index (Phi) is 5.13. The lowest BCUT2D eigenvalue weighted by molar-refractivity contribution is -0.118. The van der Waals surface area contributed by atoms with E-state index in [0.717, 1.165) is 0 Å². The first-order chi connectivity index (χ1) is 11.0. The number of primary amides is 1. The Bertz CT molecular complexity index is 734. The Labute approximate surface area is 137 Å². The number of carbonyl (C=O) groups excluding carboxylic acids is 2. The molecule has 7 nitrogen and oxygen atoms in total. The van der Waals surface area contributed by atoms with Gasteiger partial charge in [-0.05, 0) is 30.3 Å². The van der Waals surface area contributed by atoms with Crippen molar-refractivity contribution in [3.05, 3.63) is 52.3 Å². The average Bonchev–Trinajstić information content (AvgIpc) is 2.55. The summed E-state index contributed by atoms with van der Waals surface area (Å²) in [5, 5.41) is 7.79. The fraction of sp³-hybridized carbons (Fsp3) is 0.200. The molecule has 2 N–H and O–H groups in total. The van der Waals surface area contributed by atoms with Crippen LogP contribution in [-0.2, 0) is 9.53 Å². The molecule has 0 saturated carbocycles. The minimum Gasteiger partial charge on any atom is -0.496 e. The van der Waals surface area contributed by atoms with Crippen LogP contribution in [0.5, 0.6) is 5.75 Å². The number of rotatable bonds is 5. The van der Waals surface area contributed by atoms with E-state index in [2.05, 4.69) is 14.9 Å². The third-order valence-corrected chi connectivity index (χ3v) is 3.40. The predicted molar refractivity (Wildman–Crippen MR) is 82.4 cm³/mol. The molecule has 1 atom stereocenters. The number of aromatic nitrogens is 2. The van der Waals surface area contributed by atoms with Crippen molar-refractivity contribution in [3.8, 4) is 5.75 Å². The van der Waals surface area contributed by atoms with Crippen LogP contribution in [0.25, 0.3) is 0 Å². The second-order valence-corrected chi connectivity index (χ2v) is 4.95. The predicted octanol–water partition coefficient (Wildman–Crippen LogP) is 1.54. The van der Waals surface area contributed by atoms with E-state index in [1.807, 2.05) is 0 Å². The van der Waals surface area contributed by atoms with E-state index in [1.54, 1.807) is 6.07 Å². The lowest BCUT2D eigenvalue weighted by atomic mass is 9.92. The van der Waals surface area contributed by atoms with Gasteiger partial charge in [-0.15, -0.1) is 5.10 Å². The maximum atomic E-state index is 12.0. The number of halogens is 1. The zero-order valence-electron chi connectivity index (χ0n) is 12.4. The highest BCUT2D eigenvalue weighted by atomic mass is 35.5. The molecule has 1 aromatic heterocycles. The Hall–Kier alpha value is -2.67. The van der Waals surface area contributed by atoms with Crippen LogP contribution in [0.3, 0.4) is 0 Å². The summed E-state index contributed by atoms with van der Waals surface area (Å²) in [7, 11) is 2.71. The minimum absolute atomic E-state index is 0.187. The van der Waals surface area contributed by atoms with Gasteiger partial charge >= 0.3 is 5.97 Å². The highest BCUT2D eigenvalue weighted by Gasteiger charge is 2.27. The fourth-order valence-electron chi connectivity index (χ4n) is 2.14. The fourth-order valence-corrected chi connectivity index (χ4v) is 2.24. The van der Waals surface area contributed by atoms with Crippen LogP contribution in [0.4, 0.5) is 0 Å². The zero-order chi connectivity index (χ0) is 17.0. The van der Waals surface area contributed by atoms with E-state index in [9.17, 15) is 9.59 Å². The second-order valence-electron chi connectivity index (χ2n) is 4.56. The molecule has 0 bridgehead atoms. The van der Waals surface area contributed by atoms with Crippen molar-refractivity contribution in [1.29, 1.82) is 0 Å². The van der Waals surface area contributed by atoms with Crippen LogP contribution < -0.4 is 10.5 Å². The number of amides is 1. The molecule has 0 radical (unpaired) electrons. The SMILES string of the molecule is COC(=O)c1ccc(OC)c(C(C(N)=O)c2ccc(Cl)nn2)c1. The second kappa shape index (κ2) is 7.06. The lowest BCUT2D eigenvalue weighted by Crippen LogP contribution is -2.24. The van der Waals surface area contributed by atoms with Crippen molar-refractivity contribution < 1.29 is 19.1 Å². The highest BCUT2D eigenvalue weighted by Crippen LogP contribution is 2.32. The lowest BCUT2D eigenvalue weighted by Gasteiger charge is -2.17. The van der Waals surface area contributed by atoms with Crippen LogP contribution in [0, 0.1) is 0 Å². The molecule has 8 heteroatoms. The monoisotopic (exact) mass is 335 g/mol. The van der Waals surface area contributed by atoms with Gasteiger partial charge in [0, 0.05) is 5.56 Å². The maximum Gasteiger partial charge on any atom is 0.337 e. The number of ether oxygens (including phenoxy) is 2. The van der Waals surface area contributed by atoms with E-state index < -0.39 is 17.8 Å². The van der Waals surface area contributed by atoms with Gasteiger partial charge in [0.15, 0.2) is 5.15 Å². The molecule has 2 aromatic rings. The van der Waals surface area contributed by atoms with Gasteiger partial charge < -0.3 is 15.2 Å². The van der Waals surface area contributed by atoms with Crippen LogP contribution >= 0.6 is 11.6 Å². The van der Waals surface area contributed by atoms with Gasteiger partial charge in [-0.3, -0.25) is 4.79 Å². The normalized spacial score (nSPS) is 11.6. The number of hydrogen-bond donors (Lipinski definition) is 1. The Morgan fingerprint density at radius 1 is 1.17 bits per heavy atom.